The van der Waals surface area contributed by atoms with Crippen molar-refractivity contribution in [3.8, 4) is 0 Å². The molecule has 0 aromatic heterocycles. The maximum absolute atomic E-state index is 9.08. The zero-order valence-electron chi connectivity index (χ0n) is 12.4. The first-order valence-electron chi connectivity index (χ1n) is 7.50. The van der Waals surface area contributed by atoms with Gasteiger partial charge in [-0.05, 0) is 48.6 Å². The van der Waals surface area contributed by atoms with Crippen LogP contribution in [0.25, 0.3) is 0 Å². The molecule has 1 atom stereocenters. The summed E-state index contributed by atoms with van der Waals surface area (Å²) in [6.45, 7) is 8.02. The Morgan fingerprint density at radius 3 is 2.16 bits per heavy atom. The van der Waals surface area contributed by atoms with Gasteiger partial charge in [-0.3, -0.25) is 0 Å². The zero-order valence-corrected chi connectivity index (χ0v) is 12.4. The van der Waals surface area contributed by atoms with Gasteiger partial charge in [-0.15, -0.1) is 0 Å². The van der Waals surface area contributed by atoms with Crippen LogP contribution in [0, 0.1) is 5.41 Å². The van der Waals surface area contributed by atoms with Gasteiger partial charge in [-0.1, -0.05) is 38.1 Å². The van der Waals surface area contributed by atoms with Crippen molar-refractivity contribution in [2.75, 3.05) is 13.2 Å². The Balaban J connectivity index is 1.87. The second-order valence-corrected chi connectivity index (χ2v) is 6.40. The topological polar surface area (TPSA) is 32.3 Å². The Morgan fingerprint density at radius 2 is 1.68 bits per heavy atom. The lowest BCUT2D eigenvalue weighted by atomic mass is 9.98. The highest BCUT2D eigenvalue weighted by atomic mass is 16.3. The van der Waals surface area contributed by atoms with E-state index < -0.39 is 0 Å². The van der Waals surface area contributed by atoms with E-state index in [-0.39, 0.29) is 0 Å². The van der Waals surface area contributed by atoms with Crippen molar-refractivity contribution in [3.63, 3.8) is 0 Å². The van der Waals surface area contributed by atoms with Gasteiger partial charge in [0.25, 0.3) is 0 Å². The fraction of sp³-hybridized carbons (Fsp3) is 0.647. The molecule has 2 nitrogen and oxygen atoms in total. The average molecular weight is 261 g/mol. The fourth-order valence-electron chi connectivity index (χ4n) is 2.59. The lowest BCUT2D eigenvalue weighted by Gasteiger charge is -2.20. The van der Waals surface area contributed by atoms with Crippen LogP contribution in [0.3, 0.4) is 0 Å². The van der Waals surface area contributed by atoms with E-state index in [9.17, 15) is 0 Å². The number of hydrogen-bond donors (Lipinski definition) is 2. The lowest BCUT2D eigenvalue weighted by molar-refractivity contribution is 0.243. The Kier molecular flexibility index (Phi) is 4.64. The molecule has 0 heterocycles. The Labute approximate surface area is 117 Å². The smallest absolute Gasteiger partial charge is 0.0436 e. The van der Waals surface area contributed by atoms with Crippen LogP contribution in [-0.2, 0) is 0 Å². The van der Waals surface area contributed by atoms with E-state index in [1.807, 2.05) is 0 Å². The molecule has 19 heavy (non-hydrogen) atoms. The first-order valence-corrected chi connectivity index (χ1v) is 7.50. The Morgan fingerprint density at radius 1 is 1.11 bits per heavy atom. The van der Waals surface area contributed by atoms with Crippen molar-refractivity contribution in [1.82, 2.24) is 5.32 Å². The van der Waals surface area contributed by atoms with E-state index in [2.05, 4.69) is 50.4 Å². The molecule has 0 bridgehead atoms. The Bertz CT molecular complexity index is 392. The van der Waals surface area contributed by atoms with Crippen LogP contribution in [0.5, 0.6) is 0 Å². The van der Waals surface area contributed by atoms with E-state index in [4.69, 9.17) is 5.11 Å². The molecule has 2 N–H and O–H groups in total. The number of hydrogen-bond acceptors (Lipinski definition) is 2. The van der Waals surface area contributed by atoms with Crippen molar-refractivity contribution < 1.29 is 5.11 Å². The normalized spacial score (nSPS) is 18.6. The summed E-state index contributed by atoms with van der Waals surface area (Å²) in [5.74, 6) is 0.594. The minimum atomic E-state index is 0.319. The molecule has 2 rings (SSSR count). The quantitative estimate of drug-likeness (QED) is 0.785. The number of aliphatic hydroxyl groups is 1. The van der Waals surface area contributed by atoms with Gasteiger partial charge in [0.05, 0.1) is 0 Å². The SMILES string of the molecule is CC(C)c1ccc(C(C)NCC2(CCO)CC2)cc1. The highest BCUT2D eigenvalue weighted by Crippen LogP contribution is 2.48. The van der Waals surface area contributed by atoms with E-state index in [0.717, 1.165) is 13.0 Å². The molecule has 0 radical (unpaired) electrons. The molecule has 1 aliphatic rings. The molecule has 0 spiro atoms. The second kappa shape index (κ2) is 6.06. The number of rotatable bonds is 7. The molecule has 0 aliphatic heterocycles. The van der Waals surface area contributed by atoms with Crippen LogP contribution >= 0.6 is 0 Å². The van der Waals surface area contributed by atoms with Gasteiger partial charge in [-0.2, -0.15) is 0 Å². The minimum absolute atomic E-state index is 0.319. The molecule has 0 saturated heterocycles. The zero-order chi connectivity index (χ0) is 13.9. The molecule has 1 fully saturated rings. The lowest BCUT2D eigenvalue weighted by Crippen LogP contribution is -2.27. The standard InChI is InChI=1S/C17H27NO/c1-13(2)15-4-6-16(7-5-15)14(3)18-12-17(8-9-17)10-11-19/h4-7,13-14,18-19H,8-12H2,1-3H3. The van der Waals surface area contributed by atoms with Gasteiger partial charge in [-0.25, -0.2) is 0 Å². The van der Waals surface area contributed by atoms with Crippen molar-refractivity contribution in [2.45, 2.75) is 52.0 Å². The van der Waals surface area contributed by atoms with Gasteiger partial charge in [0.15, 0.2) is 0 Å². The molecule has 0 amide bonds. The highest BCUT2D eigenvalue weighted by Gasteiger charge is 2.41. The average Bonchev–Trinajstić information content (AvgIpc) is 3.17. The van der Waals surface area contributed by atoms with Gasteiger partial charge in [0.1, 0.15) is 0 Å². The molecule has 1 aromatic rings. The summed E-state index contributed by atoms with van der Waals surface area (Å²) in [5.41, 5.74) is 3.14. The summed E-state index contributed by atoms with van der Waals surface area (Å²) in [5, 5.41) is 12.7. The van der Waals surface area contributed by atoms with Gasteiger partial charge >= 0.3 is 0 Å². The molecular formula is C17H27NO. The van der Waals surface area contributed by atoms with Crippen molar-refractivity contribution >= 4 is 0 Å². The molecule has 1 saturated carbocycles. The van der Waals surface area contributed by atoms with Crippen LogP contribution in [0.1, 0.15) is 63.1 Å². The largest absolute Gasteiger partial charge is 0.396 e. The van der Waals surface area contributed by atoms with Crippen LogP contribution in [0.2, 0.25) is 0 Å². The van der Waals surface area contributed by atoms with Crippen molar-refractivity contribution in [2.24, 2.45) is 5.41 Å². The van der Waals surface area contributed by atoms with Gasteiger partial charge in [0.2, 0.25) is 0 Å². The van der Waals surface area contributed by atoms with E-state index in [1.165, 1.54) is 24.0 Å². The molecule has 1 unspecified atom stereocenters. The third kappa shape index (κ3) is 3.80. The maximum atomic E-state index is 9.08. The third-order valence-corrected chi connectivity index (χ3v) is 4.49. The van der Waals surface area contributed by atoms with Crippen LogP contribution in [0.15, 0.2) is 24.3 Å². The van der Waals surface area contributed by atoms with Crippen LogP contribution < -0.4 is 5.32 Å². The predicted molar refractivity (Wildman–Crippen MR) is 80.3 cm³/mol. The fourth-order valence-corrected chi connectivity index (χ4v) is 2.59. The summed E-state index contributed by atoms with van der Waals surface area (Å²) < 4.78 is 0. The summed E-state index contributed by atoms with van der Waals surface area (Å²) in [6.07, 6.45) is 3.47. The summed E-state index contributed by atoms with van der Waals surface area (Å²) >= 11 is 0. The first kappa shape index (κ1) is 14.5. The molecule has 1 aliphatic carbocycles. The summed E-state index contributed by atoms with van der Waals surface area (Å²) in [7, 11) is 0. The monoisotopic (exact) mass is 261 g/mol. The van der Waals surface area contributed by atoms with Gasteiger partial charge < -0.3 is 10.4 Å². The maximum Gasteiger partial charge on any atom is 0.0436 e. The number of benzene rings is 1. The summed E-state index contributed by atoms with van der Waals surface area (Å²) in [4.78, 5) is 0. The van der Waals surface area contributed by atoms with Crippen LogP contribution in [-0.4, -0.2) is 18.3 Å². The molecule has 1 aromatic carbocycles. The molecule has 106 valence electrons. The van der Waals surface area contributed by atoms with Gasteiger partial charge in [0, 0.05) is 19.2 Å². The van der Waals surface area contributed by atoms with Crippen molar-refractivity contribution in [3.05, 3.63) is 35.4 Å². The molecule has 2 heteroatoms. The molecular weight excluding hydrogens is 234 g/mol. The predicted octanol–water partition coefficient (Wildman–Crippen LogP) is 3.62. The van der Waals surface area contributed by atoms with Crippen LogP contribution in [0.4, 0.5) is 0 Å². The Hall–Kier alpha value is -0.860. The van der Waals surface area contributed by atoms with E-state index in [1.54, 1.807) is 0 Å². The van der Waals surface area contributed by atoms with E-state index in [0.29, 0.717) is 24.0 Å². The first-order chi connectivity index (χ1) is 9.06. The number of nitrogens with one attached hydrogen (secondary N) is 1. The summed E-state index contributed by atoms with van der Waals surface area (Å²) in [6, 6.07) is 9.33. The minimum Gasteiger partial charge on any atom is -0.396 e. The third-order valence-electron chi connectivity index (χ3n) is 4.49. The van der Waals surface area contributed by atoms with E-state index >= 15 is 0 Å². The second-order valence-electron chi connectivity index (χ2n) is 6.40. The highest BCUT2D eigenvalue weighted by molar-refractivity contribution is 5.26. The van der Waals surface area contributed by atoms with Crippen molar-refractivity contribution in [1.29, 1.82) is 0 Å². The number of aliphatic hydroxyl groups excluding tert-OH is 1.